The molecule has 1 saturated heterocycles. The van der Waals surface area contributed by atoms with Gasteiger partial charge >= 0.3 is 0 Å². The Labute approximate surface area is 145 Å². The zero-order chi connectivity index (χ0) is 16.2. The van der Waals surface area contributed by atoms with E-state index in [1.807, 2.05) is 19.1 Å². The van der Waals surface area contributed by atoms with E-state index in [-0.39, 0.29) is 11.9 Å². The molecule has 2 aromatic rings. The molecule has 0 radical (unpaired) electrons. The van der Waals surface area contributed by atoms with Gasteiger partial charge in [-0.25, -0.2) is 4.98 Å². The summed E-state index contributed by atoms with van der Waals surface area (Å²) >= 11 is 7.33. The van der Waals surface area contributed by atoms with Crippen molar-refractivity contribution in [3.05, 3.63) is 50.9 Å². The van der Waals surface area contributed by atoms with Gasteiger partial charge in [0.1, 0.15) is 4.88 Å². The molecular formula is C17H20ClN3OS. The number of halogens is 1. The molecule has 4 nitrogen and oxygen atoms in total. The lowest BCUT2D eigenvalue weighted by molar-refractivity contribution is 0.0904. The number of likely N-dealkylation sites (tertiary alicyclic amines) is 1. The molecule has 1 fully saturated rings. The maximum absolute atomic E-state index is 12.3. The van der Waals surface area contributed by atoms with E-state index < -0.39 is 0 Å². The lowest BCUT2D eigenvalue weighted by Gasteiger charge is -2.33. The summed E-state index contributed by atoms with van der Waals surface area (Å²) in [4.78, 5) is 19.6. The minimum atomic E-state index is 0.00310. The van der Waals surface area contributed by atoms with Gasteiger partial charge in [-0.05, 0) is 44.0 Å². The van der Waals surface area contributed by atoms with Gasteiger partial charge in [-0.2, -0.15) is 0 Å². The van der Waals surface area contributed by atoms with Crippen LogP contribution in [0, 0.1) is 6.92 Å². The summed E-state index contributed by atoms with van der Waals surface area (Å²) in [5, 5.41) is 3.92. The van der Waals surface area contributed by atoms with Crippen LogP contribution in [0.25, 0.3) is 0 Å². The molecule has 0 saturated carbocycles. The molecule has 6 heteroatoms. The zero-order valence-corrected chi connectivity index (χ0v) is 14.7. The van der Waals surface area contributed by atoms with Crippen molar-refractivity contribution in [1.29, 1.82) is 0 Å². The number of hydrogen-bond acceptors (Lipinski definition) is 4. The van der Waals surface area contributed by atoms with Gasteiger partial charge in [-0.3, -0.25) is 9.69 Å². The van der Waals surface area contributed by atoms with Crippen molar-refractivity contribution >= 4 is 28.8 Å². The number of nitrogens with zero attached hydrogens (tertiary/aromatic N) is 2. The van der Waals surface area contributed by atoms with E-state index in [0.717, 1.165) is 48.1 Å². The fraction of sp³-hybridized carbons (Fsp3) is 0.412. The number of nitrogens with one attached hydrogen (secondary N) is 1. The normalized spacial score (nSPS) is 18.8. The first-order valence-corrected chi connectivity index (χ1v) is 9.05. The number of aryl methyl sites for hydroxylation is 1. The fourth-order valence-corrected chi connectivity index (χ4v) is 3.77. The predicted octanol–water partition coefficient (Wildman–Crippen LogP) is 3.50. The van der Waals surface area contributed by atoms with E-state index in [2.05, 4.69) is 27.3 Å². The molecule has 1 atom stereocenters. The van der Waals surface area contributed by atoms with Crippen LogP contribution in [0.5, 0.6) is 0 Å². The van der Waals surface area contributed by atoms with Gasteiger partial charge in [0.25, 0.3) is 5.91 Å². The minimum absolute atomic E-state index is 0.00310. The molecule has 1 aliphatic heterocycles. The highest BCUT2D eigenvalue weighted by molar-refractivity contribution is 7.11. The minimum Gasteiger partial charge on any atom is -0.347 e. The van der Waals surface area contributed by atoms with Crippen LogP contribution in [0.3, 0.4) is 0 Å². The molecule has 3 rings (SSSR count). The topological polar surface area (TPSA) is 45.2 Å². The van der Waals surface area contributed by atoms with Gasteiger partial charge in [0.2, 0.25) is 0 Å². The van der Waals surface area contributed by atoms with Crippen molar-refractivity contribution in [3.8, 4) is 0 Å². The Hall–Kier alpha value is -1.43. The Balaban J connectivity index is 1.56. The third-order valence-corrected chi connectivity index (χ3v) is 5.29. The van der Waals surface area contributed by atoms with Crippen molar-refractivity contribution in [1.82, 2.24) is 15.2 Å². The SMILES string of the molecule is Cc1ncsc1C(=O)N[C@@H]1CCCN(Cc2ccc(Cl)cc2)C1. The first-order chi connectivity index (χ1) is 11.1. The number of amides is 1. The lowest BCUT2D eigenvalue weighted by Crippen LogP contribution is -2.47. The molecule has 0 aliphatic carbocycles. The van der Waals surface area contributed by atoms with E-state index in [4.69, 9.17) is 11.6 Å². The molecule has 1 aromatic heterocycles. The van der Waals surface area contributed by atoms with E-state index in [9.17, 15) is 4.79 Å². The average molecular weight is 350 g/mol. The largest absolute Gasteiger partial charge is 0.347 e. The standard InChI is InChI=1S/C17H20ClN3OS/c1-12-16(23-11-19-12)17(22)20-15-3-2-8-21(10-15)9-13-4-6-14(18)7-5-13/h4-7,11,15H,2-3,8-10H2,1H3,(H,20,22)/t15-/m1/s1. The highest BCUT2D eigenvalue weighted by Gasteiger charge is 2.23. The maximum Gasteiger partial charge on any atom is 0.263 e. The monoisotopic (exact) mass is 349 g/mol. The predicted molar refractivity (Wildman–Crippen MR) is 94.1 cm³/mol. The smallest absolute Gasteiger partial charge is 0.263 e. The first-order valence-electron chi connectivity index (χ1n) is 7.79. The molecule has 2 heterocycles. The van der Waals surface area contributed by atoms with Crippen LogP contribution in [0.15, 0.2) is 29.8 Å². The first kappa shape index (κ1) is 16.4. The molecule has 122 valence electrons. The number of carbonyl (C=O) groups excluding carboxylic acids is 1. The Bertz CT molecular complexity index is 671. The van der Waals surface area contributed by atoms with Crippen molar-refractivity contribution < 1.29 is 4.79 Å². The molecule has 0 bridgehead atoms. The van der Waals surface area contributed by atoms with Crippen LogP contribution < -0.4 is 5.32 Å². The number of benzene rings is 1. The van der Waals surface area contributed by atoms with Crippen molar-refractivity contribution in [3.63, 3.8) is 0 Å². The second-order valence-corrected chi connectivity index (χ2v) is 7.23. The highest BCUT2D eigenvalue weighted by Crippen LogP contribution is 2.17. The molecule has 0 spiro atoms. The van der Waals surface area contributed by atoms with Gasteiger partial charge < -0.3 is 5.32 Å². The van der Waals surface area contributed by atoms with E-state index in [0.29, 0.717) is 0 Å². The van der Waals surface area contributed by atoms with Crippen molar-refractivity contribution in [2.24, 2.45) is 0 Å². The number of piperidine rings is 1. The summed E-state index contributed by atoms with van der Waals surface area (Å²) in [6, 6.07) is 8.17. The number of aromatic nitrogens is 1. The molecule has 1 aliphatic rings. The van der Waals surface area contributed by atoms with Gasteiger partial charge in [0.15, 0.2) is 0 Å². The van der Waals surface area contributed by atoms with Crippen molar-refractivity contribution in [2.45, 2.75) is 32.4 Å². The third-order valence-electron chi connectivity index (χ3n) is 4.11. The Morgan fingerprint density at radius 3 is 2.91 bits per heavy atom. The Morgan fingerprint density at radius 1 is 1.43 bits per heavy atom. The van der Waals surface area contributed by atoms with Crippen molar-refractivity contribution in [2.75, 3.05) is 13.1 Å². The van der Waals surface area contributed by atoms with Crippen LogP contribution in [0.4, 0.5) is 0 Å². The van der Waals surface area contributed by atoms with Gasteiger partial charge in [-0.1, -0.05) is 23.7 Å². The number of carbonyl (C=O) groups is 1. The second-order valence-electron chi connectivity index (χ2n) is 5.94. The van der Waals surface area contributed by atoms with Crippen LogP contribution >= 0.6 is 22.9 Å². The lowest BCUT2D eigenvalue weighted by atomic mass is 10.0. The quantitative estimate of drug-likeness (QED) is 0.918. The van der Waals surface area contributed by atoms with E-state index in [1.54, 1.807) is 5.51 Å². The summed E-state index contributed by atoms with van der Waals surface area (Å²) < 4.78 is 0. The van der Waals surface area contributed by atoms with Crippen LogP contribution in [0.1, 0.15) is 33.8 Å². The average Bonchev–Trinajstić information content (AvgIpc) is 2.96. The number of thiazole rings is 1. The number of hydrogen-bond donors (Lipinski definition) is 1. The second kappa shape index (κ2) is 7.43. The Kier molecular flexibility index (Phi) is 5.30. The highest BCUT2D eigenvalue weighted by atomic mass is 35.5. The van der Waals surface area contributed by atoms with Gasteiger partial charge in [0, 0.05) is 24.2 Å². The summed E-state index contributed by atoms with van der Waals surface area (Å²) in [6.45, 7) is 4.71. The van der Waals surface area contributed by atoms with E-state index >= 15 is 0 Å². The molecular weight excluding hydrogens is 330 g/mol. The maximum atomic E-state index is 12.3. The van der Waals surface area contributed by atoms with Gasteiger partial charge in [0.05, 0.1) is 11.2 Å². The van der Waals surface area contributed by atoms with Crippen LogP contribution in [-0.4, -0.2) is 34.9 Å². The fourth-order valence-electron chi connectivity index (χ4n) is 2.94. The number of rotatable bonds is 4. The Morgan fingerprint density at radius 2 is 2.22 bits per heavy atom. The molecule has 0 unspecified atom stereocenters. The summed E-state index contributed by atoms with van der Waals surface area (Å²) in [7, 11) is 0. The van der Waals surface area contributed by atoms with E-state index in [1.165, 1.54) is 16.9 Å². The molecule has 23 heavy (non-hydrogen) atoms. The molecule has 1 aromatic carbocycles. The summed E-state index contributed by atoms with van der Waals surface area (Å²) in [5.41, 5.74) is 3.78. The third kappa shape index (κ3) is 4.31. The zero-order valence-electron chi connectivity index (χ0n) is 13.1. The van der Waals surface area contributed by atoms with Crippen LogP contribution in [0.2, 0.25) is 5.02 Å². The van der Waals surface area contributed by atoms with Crippen LogP contribution in [-0.2, 0) is 6.54 Å². The summed E-state index contributed by atoms with van der Waals surface area (Å²) in [5.74, 6) is 0.00310. The summed E-state index contributed by atoms with van der Waals surface area (Å²) in [6.07, 6.45) is 2.13. The molecule has 1 N–H and O–H groups in total. The van der Waals surface area contributed by atoms with Gasteiger partial charge in [-0.15, -0.1) is 11.3 Å². The molecule has 1 amide bonds.